The molecule has 0 aliphatic rings. The van der Waals surface area contributed by atoms with Gasteiger partial charge >= 0.3 is 6.18 Å². The number of aromatic nitrogens is 4. The molecular weight excluding hydrogens is 223 g/mol. The highest BCUT2D eigenvalue weighted by atomic mass is 19.4. The molecule has 8 heteroatoms. The zero-order valence-electron chi connectivity index (χ0n) is 8.23. The van der Waals surface area contributed by atoms with Crippen LogP contribution in [-0.4, -0.2) is 31.8 Å². The Balaban J connectivity index is 2.22. The minimum atomic E-state index is -4.33. The Bertz CT molecular complexity index is 459. The molecule has 1 atom stereocenters. The maximum atomic E-state index is 12.2. The Morgan fingerprint density at radius 3 is 2.81 bits per heavy atom. The van der Waals surface area contributed by atoms with Crippen molar-refractivity contribution in [2.24, 2.45) is 0 Å². The van der Waals surface area contributed by atoms with Crippen molar-refractivity contribution in [1.29, 1.82) is 0 Å². The molecule has 16 heavy (non-hydrogen) atoms. The maximum Gasteiger partial charge on any atom is 0.408 e. The summed E-state index contributed by atoms with van der Waals surface area (Å²) in [6, 6.07) is -0.0940. The second kappa shape index (κ2) is 3.62. The molecule has 2 heterocycles. The Kier molecular flexibility index (Phi) is 2.41. The third-order valence-electron chi connectivity index (χ3n) is 1.95. The fourth-order valence-corrected chi connectivity index (χ4v) is 1.07. The van der Waals surface area contributed by atoms with Gasteiger partial charge in [-0.3, -0.25) is 0 Å². The molecule has 0 radical (unpaired) electrons. The summed E-state index contributed by atoms with van der Waals surface area (Å²) >= 11 is 0. The van der Waals surface area contributed by atoms with E-state index in [0.717, 1.165) is 6.92 Å². The van der Waals surface area contributed by atoms with Crippen molar-refractivity contribution < 1.29 is 13.2 Å². The third-order valence-corrected chi connectivity index (χ3v) is 1.95. The molecule has 1 unspecified atom stereocenters. The van der Waals surface area contributed by atoms with Crippen LogP contribution in [0.1, 0.15) is 6.92 Å². The molecule has 5 nitrogen and oxygen atoms in total. The highest BCUT2D eigenvalue weighted by molar-refractivity contribution is 5.36. The van der Waals surface area contributed by atoms with E-state index in [9.17, 15) is 13.2 Å². The predicted molar refractivity (Wildman–Crippen MR) is 49.9 cm³/mol. The van der Waals surface area contributed by atoms with Gasteiger partial charge < -0.3 is 5.32 Å². The summed E-state index contributed by atoms with van der Waals surface area (Å²) in [5, 5.41) is 5.96. The minimum Gasteiger partial charge on any atom is -0.341 e. The first kappa shape index (κ1) is 10.7. The van der Waals surface area contributed by atoms with Gasteiger partial charge in [-0.05, 0) is 13.0 Å². The number of halogens is 3. The van der Waals surface area contributed by atoms with Crippen LogP contribution >= 0.6 is 0 Å². The lowest BCUT2D eigenvalue weighted by Crippen LogP contribution is -2.33. The maximum absolute atomic E-state index is 12.2. The van der Waals surface area contributed by atoms with Crippen LogP contribution in [-0.2, 0) is 0 Å². The number of hydrogen-bond acceptors (Lipinski definition) is 4. The molecule has 0 spiro atoms. The molecule has 2 aromatic rings. The Morgan fingerprint density at radius 1 is 1.44 bits per heavy atom. The molecular formula is C8H8F3N5. The molecule has 0 aromatic carbocycles. The van der Waals surface area contributed by atoms with Gasteiger partial charge in [0.15, 0.2) is 0 Å². The molecule has 86 valence electrons. The number of hydrogen-bond donors (Lipinski definition) is 1. The zero-order valence-corrected chi connectivity index (χ0v) is 8.23. The van der Waals surface area contributed by atoms with E-state index in [-0.39, 0.29) is 11.7 Å². The quantitative estimate of drug-likeness (QED) is 0.850. The van der Waals surface area contributed by atoms with Crippen molar-refractivity contribution in [3.8, 4) is 0 Å². The molecule has 0 aliphatic carbocycles. The molecule has 0 saturated heterocycles. The summed E-state index contributed by atoms with van der Waals surface area (Å²) in [4.78, 5) is 7.64. The summed E-state index contributed by atoms with van der Waals surface area (Å²) in [6.07, 6.45) is -1.29. The van der Waals surface area contributed by atoms with Crippen LogP contribution in [0, 0.1) is 0 Å². The topological polar surface area (TPSA) is 55.1 Å². The second-order valence-electron chi connectivity index (χ2n) is 3.21. The van der Waals surface area contributed by atoms with Crippen molar-refractivity contribution in [2.75, 3.05) is 5.32 Å². The highest BCUT2D eigenvalue weighted by Crippen LogP contribution is 2.22. The number of rotatable bonds is 2. The highest BCUT2D eigenvalue weighted by Gasteiger charge is 2.36. The zero-order chi connectivity index (χ0) is 11.8. The Labute approximate surface area is 88.3 Å². The van der Waals surface area contributed by atoms with Gasteiger partial charge in [0.25, 0.3) is 5.78 Å². The van der Waals surface area contributed by atoms with E-state index in [0.29, 0.717) is 0 Å². The lowest BCUT2D eigenvalue weighted by molar-refractivity contribution is -0.138. The van der Waals surface area contributed by atoms with Gasteiger partial charge in [0.05, 0.1) is 0 Å². The Morgan fingerprint density at radius 2 is 2.19 bits per heavy atom. The number of nitrogens with one attached hydrogen (secondary N) is 1. The molecule has 0 amide bonds. The number of nitrogens with zero attached hydrogens (tertiary/aromatic N) is 4. The normalized spacial score (nSPS) is 14.0. The van der Waals surface area contributed by atoms with Gasteiger partial charge in [-0.1, -0.05) is 0 Å². The van der Waals surface area contributed by atoms with Crippen molar-refractivity contribution >= 4 is 11.7 Å². The van der Waals surface area contributed by atoms with Crippen LogP contribution in [0.5, 0.6) is 0 Å². The van der Waals surface area contributed by atoms with Crippen molar-refractivity contribution in [3.63, 3.8) is 0 Å². The van der Waals surface area contributed by atoms with Gasteiger partial charge in [-0.25, -0.2) is 9.50 Å². The predicted octanol–water partition coefficient (Wildman–Crippen LogP) is 1.49. The molecule has 0 fully saturated rings. The molecule has 2 rings (SSSR count). The molecule has 0 bridgehead atoms. The van der Waals surface area contributed by atoms with Gasteiger partial charge in [0.1, 0.15) is 6.04 Å². The van der Waals surface area contributed by atoms with Gasteiger partial charge in [0, 0.05) is 12.4 Å². The summed E-state index contributed by atoms with van der Waals surface area (Å²) in [7, 11) is 0. The standard InChI is InChI=1S/C8H8F3N5/c1-5(8(9,10)11)13-6-14-7-12-3-2-4-16(7)15-6/h2-5H,1H3,(H,13,15). The first-order valence-corrected chi connectivity index (χ1v) is 4.47. The lowest BCUT2D eigenvalue weighted by Gasteiger charge is -2.15. The molecule has 2 aromatic heterocycles. The number of anilines is 1. The van der Waals surface area contributed by atoms with E-state index in [1.165, 1.54) is 10.7 Å². The van der Waals surface area contributed by atoms with Crippen LogP contribution < -0.4 is 5.32 Å². The summed E-state index contributed by atoms with van der Waals surface area (Å²) in [5.41, 5.74) is 0. The molecule has 0 aliphatic heterocycles. The van der Waals surface area contributed by atoms with E-state index < -0.39 is 12.2 Å². The van der Waals surface area contributed by atoms with Crippen LogP contribution in [0.3, 0.4) is 0 Å². The van der Waals surface area contributed by atoms with E-state index in [2.05, 4.69) is 20.4 Å². The average molecular weight is 231 g/mol. The van der Waals surface area contributed by atoms with Crippen LogP contribution in [0.25, 0.3) is 5.78 Å². The average Bonchev–Trinajstić information content (AvgIpc) is 2.58. The fraction of sp³-hybridized carbons (Fsp3) is 0.375. The summed E-state index contributed by atoms with van der Waals surface area (Å²) in [6.45, 7) is 0.999. The first-order chi connectivity index (χ1) is 7.47. The molecule has 1 N–H and O–H groups in total. The van der Waals surface area contributed by atoms with Crippen LogP contribution in [0.2, 0.25) is 0 Å². The van der Waals surface area contributed by atoms with Gasteiger partial charge in [-0.15, -0.1) is 5.10 Å². The molecule has 0 saturated carbocycles. The minimum absolute atomic E-state index is 0.0940. The van der Waals surface area contributed by atoms with E-state index in [1.54, 1.807) is 12.3 Å². The first-order valence-electron chi connectivity index (χ1n) is 4.47. The van der Waals surface area contributed by atoms with Crippen molar-refractivity contribution in [2.45, 2.75) is 19.1 Å². The SMILES string of the molecule is CC(Nc1nc2ncccn2n1)C(F)(F)F. The van der Waals surface area contributed by atoms with Crippen LogP contribution in [0.15, 0.2) is 18.5 Å². The van der Waals surface area contributed by atoms with Crippen molar-refractivity contribution in [3.05, 3.63) is 18.5 Å². The summed E-state index contributed by atoms with van der Waals surface area (Å²) < 4.78 is 38.0. The summed E-state index contributed by atoms with van der Waals surface area (Å²) in [5.74, 6) is 0.155. The smallest absolute Gasteiger partial charge is 0.341 e. The monoisotopic (exact) mass is 231 g/mol. The van der Waals surface area contributed by atoms with Gasteiger partial charge in [0.2, 0.25) is 5.95 Å². The van der Waals surface area contributed by atoms with E-state index in [4.69, 9.17) is 0 Å². The van der Waals surface area contributed by atoms with Crippen molar-refractivity contribution in [1.82, 2.24) is 19.6 Å². The largest absolute Gasteiger partial charge is 0.408 e. The fourth-order valence-electron chi connectivity index (χ4n) is 1.07. The Hall–Kier alpha value is -1.86. The van der Waals surface area contributed by atoms with Gasteiger partial charge in [-0.2, -0.15) is 18.2 Å². The number of alkyl halides is 3. The van der Waals surface area contributed by atoms with E-state index >= 15 is 0 Å². The van der Waals surface area contributed by atoms with Crippen LogP contribution in [0.4, 0.5) is 19.1 Å². The number of fused-ring (bicyclic) bond motifs is 1. The van der Waals surface area contributed by atoms with E-state index in [1.807, 2.05) is 0 Å². The third kappa shape index (κ3) is 2.05. The second-order valence-corrected chi connectivity index (χ2v) is 3.21. The lowest BCUT2D eigenvalue weighted by atomic mass is 10.3.